The highest BCUT2D eigenvalue weighted by atomic mass is 16.2. The third kappa shape index (κ3) is 4.85. The monoisotopic (exact) mass is 351 g/mol. The molecule has 136 valence electrons. The third-order valence-corrected chi connectivity index (χ3v) is 4.68. The lowest BCUT2D eigenvalue weighted by Gasteiger charge is -2.36. The van der Waals surface area contributed by atoms with Gasteiger partial charge in [-0.25, -0.2) is 0 Å². The second-order valence-electron chi connectivity index (χ2n) is 6.64. The molecule has 0 saturated carbocycles. The van der Waals surface area contributed by atoms with Gasteiger partial charge in [0.2, 0.25) is 11.8 Å². The van der Waals surface area contributed by atoms with Gasteiger partial charge in [-0.1, -0.05) is 48.0 Å². The summed E-state index contributed by atoms with van der Waals surface area (Å²) in [5.74, 6) is -0.139. The van der Waals surface area contributed by atoms with Crippen molar-refractivity contribution in [3.63, 3.8) is 0 Å². The average molecular weight is 351 g/mol. The number of anilines is 1. The maximum Gasteiger partial charge on any atom is 0.242 e. The van der Waals surface area contributed by atoms with E-state index in [1.54, 1.807) is 0 Å². The zero-order valence-electron chi connectivity index (χ0n) is 15.1. The van der Waals surface area contributed by atoms with Gasteiger partial charge in [0.1, 0.15) is 0 Å². The number of nitrogens with one attached hydrogen (secondary N) is 1. The van der Waals surface area contributed by atoms with Crippen molar-refractivity contribution in [3.05, 3.63) is 65.7 Å². The number of piperazine rings is 1. The van der Waals surface area contributed by atoms with Crippen LogP contribution in [0.2, 0.25) is 0 Å². The Kier molecular flexibility index (Phi) is 5.89. The minimum absolute atomic E-state index is 0.0185. The van der Waals surface area contributed by atoms with E-state index in [-0.39, 0.29) is 18.4 Å². The van der Waals surface area contributed by atoms with Crippen LogP contribution in [0.25, 0.3) is 0 Å². The van der Waals surface area contributed by atoms with Crippen molar-refractivity contribution >= 4 is 17.5 Å². The lowest BCUT2D eigenvalue weighted by atomic mass is 10.1. The largest absolute Gasteiger partial charge is 0.368 e. The van der Waals surface area contributed by atoms with Crippen LogP contribution in [-0.2, 0) is 16.0 Å². The fourth-order valence-electron chi connectivity index (χ4n) is 3.09. The molecule has 0 spiro atoms. The summed E-state index contributed by atoms with van der Waals surface area (Å²) in [6.07, 6.45) is 0.301. The number of rotatable bonds is 5. The summed E-state index contributed by atoms with van der Waals surface area (Å²) in [6, 6.07) is 18.1. The molecule has 0 unspecified atom stereocenters. The van der Waals surface area contributed by atoms with Crippen molar-refractivity contribution in [1.29, 1.82) is 0 Å². The first-order valence-electron chi connectivity index (χ1n) is 9.02. The highest BCUT2D eigenvalue weighted by molar-refractivity contribution is 5.85. The minimum atomic E-state index is -0.120. The molecule has 5 nitrogen and oxygen atoms in total. The fourth-order valence-corrected chi connectivity index (χ4v) is 3.09. The van der Waals surface area contributed by atoms with E-state index in [2.05, 4.69) is 22.3 Å². The number of hydrogen-bond donors (Lipinski definition) is 1. The standard InChI is InChI=1S/C21H25N3O2/c1-17-7-9-18(10-8-17)15-20(25)22-16-21(26)24-13-11-23(12-14-24)19-5-3-2-4-6-19/h2-10H,11-16H2,1H3,(H,22,25). The van der Waals surface area contributed by atoms with Crippen LogP contribution >= 0.6 is 0 Å². The molecule has 0 aliphatic carbocycles. The molecule has 1 N–H and O–H groups in total. The molecule has 2 aromatic rings. The Morgan fingerprint density at radius 2 is 1.58 bits per heavy atom. The number of carbonyl (C=O) groups excluding carboxylic acids is 2. The summed E-state index contributed by atoms with van der Waals surface area (Å²) in [5.41, 5.74) is 3.31. The fraction of sp³-hybridized carbons (Fsp3) is 0.333. The van der Waals surface area contributed by atoms with Crippen LogP contribution in [-0.4, -0.2) is 49.4 Å². The molecule has 1 heterocycles. The van der Waals surface area contributed by atoms with Crippen LogP contribution in [0, 0.1) is 6.92 Å². The first kappa shape index (κ1) is 18.0. The predicted molar refractivity (Wildman–Crippen MR) is 103 cm³/mol. The molecule has 1 aliphatic heterocycles. The Labute approximate surface area is 154 Å². The third-order valence-electron chi connectivity index (χ3n) is 4.68. The van der Waals surface area contributed by atoms with Crippen LogP contribution in [0.3, 0.4) is 0 Å². The summed E-state index contributed by atoms with van der Waals surface area (Å²) in [6.45, 7) is 5.07. The molecule has 2 aromatic carbocycles. The van der Waals surface area contributed by atoms with Gasteiger partial charge in [-0.2, -0.15) is 0 Å². The van der Waals surface area contributed by atoms with Gasteiger partial charge in [-0.3, -0.25) is 9.59 Å². The average Bonchev–Trinajstić information content (AvgIpc) is 2.69. The van der Waals surface area contributed by atoms with E-state index in [0.29, 0.717) is 19.5 Å². The topological polar surface area (TPSA) is 52.7 Å². The number of hydrogen-bond acceptors (Lipinski definition) is 3. The second kappa shape index (κ2) is 8.52. The quantitative estimate of drug-likeness (QED) is 0.896. The van der Waals surface area contributed by atoms with Crippen LogP contribution < -0.4 is 10.2 Å². The lowest BCUT2D eigenvalue weighted by Crippen LogP contribution is -2.51. The van der Waals surface area contributed by atoms with Gasteiger partial charge in [0.15, 0.2) is 0 Å². The molecule has 26 heavy (non-hydrogen) atoms. The van der Waals surface area contributed by atoms with Crippen LogP contribution in [0.1, 0.15) is 11.1 Å². The zero-order chi connectivity index (χ0) is 18.4. The SMILES string of the molecule is Cc1ccc(CC(=O)NCC(=O)N2CCN(c3ccccc3)CC2)cc1. The van der Waals surface area contributed by atoms with Crippen molar-refractivity contribution in [2.45, 2.75) is 13.3 Å². The second-order valence-corrected chi connectivity index (χ2v) is 6.64. The number of benzene rings is 2. The molecule has 0 bridgehead atoms. The van der Waals surface area contributed by atoms with Crippen molar-refractivity contribution in [2.75, 3.05) is 37.6 Å². The number of carbonyl (C=O) groups is 2. The number of nitrogens with zero attached hydrogens (tertiary/aromatic N) is 2. The summed E-state index contributed by atoms with van der Waals surface area (Å²) < 4.78 is 0. The molecule has 3 rings (SSSR count). The summed E-state index contributed by atoms with van der Waals surface area (Å²) >= 11 is 0. The molecule has 5 heteroatoms. The van der Waals surface area contributed by atoms with Gasteiger partial charge >= 0.3 is 0 Å². The summed E-state index contributed by atoms with van der Waals surface area (Å²) in [5, 5.41) is 2.74. The Balaban J connectivity index is 1.41. The smallest absolute Gasteiger partial charge is 0.242 e. The van der Waals surface area contributed by atoms with E-state index in [1.165, 1.54) is 11.3 Å². The Morgan fingerprint density at radius 3 is 2.23 bits per heavy atom. The van der Waals surface area contributed by atoms with E-state index in [1.807, 2.05) is 54.3 Å². The van der Waals surface area contributed by atoms with E-state index >= 15 is 0 Å². The van der Waals surface area contributed by atoms with Gasteiger partial charge in [0.25, 0.3) is 0 Å². The molecule has 0 radical (unpaired) electrons. The molecule has 0 atom stereocenters. The molecule has 1 fully saturated rings. The number of para-hydroxylation sites is 1. The van der Waals surface area contributed by atoms with Crippen molar-refractivity contribution in [3.8, 4) is 0 Å². The van der Waals surface area contributed by atoms with Crippen LogP contribution in [0.5, 0.6) is 0 Å². The maximum atomic E-state index is 12.3. The van der Waals surface area contributed by atoms with Crippen LogP contribution in [0.15, 0.2) is 54.6 Å². The van der Waals surface area contributed by atoms with E-state index in [4.69, 9.17) is 0 Å². The van der Waals surface area contributed by atoms with Crippen molar-refractivity contribution < 1.29 is 9.59 Å². The molecular formula is C21H25N3O2. The summed E-state index contributed by atoms with van der Waals surface area (Å²) in [7, 11) is 0. The van der Waals surface area contributed by atoms with Gasteiger partial charge in [0.05, 0.1) is 13.0 Å². The predicted octanol–water partition coefficient (Wildman–Crippen LogP) is 2.00. The normalized spacial score (nSPS) is 14.2. The Morgan fingerprint density at radius 1 is 0.923 bits per heavy atom. The number of aryl methyl sites for hydroxylation is 1. The molecule has 1 aliphatic rings. The highest BCUT2D eigenvalue weighted by Gasteiger charge is 2.21. The lowest BCUT2D eigenvalue weighted by molar-refractivity contribution is -0.133. The van der Waals surface area contributed by atoms with Crippen molar-refractivity contribution in [2.24, 2.45) is 0 Å². The molecule has 0 aromatic heterocycles. The van der Waals surface area contributed by atoms with Gasteiger partial charge in [0, 0.05) is 31.9 Å². The Hall–Kier alpha value is -2.82. The first-order chi connectivity index (χ1) is 12.6. The minimum Gasteiger partial charge on any atom is -0.368 e. The highest BCUT2D eigenvalue weighted by Crippen LogP contribution is 2.15. The van der Waals surface area contributed by atoms with Gasteiger partial charge < -0.3 is 15.1 Å². The first-order valence-corrected chi connectivity index (χ1v) is 9.02. The van der Waals surface area contributed by atoms with E-state index in [9.17, 15) is 9.59 Å². The molecular weight excluding hydrogens is 326 g/mol. The van der Waals surface area contributed by atoms with E-state index in [0.717, 1.165) is 18.7 Å². The van der Waals surface area contributed by atoms with E-state index < -0.39 is 0 Å². The maximum absolute atomic E-state index is 12.3. The number of amides is 2. The Bertz CT molecular complexity index is 736. The summed E-state index contributed by atoms with van der Waals surface area (Å²) in [4.78, 5) is 28.5. The van der Waals surface area contributed by atoms with Crippen LogP contribution in [0.4, 0.5) is 5.69 Å². The van der Waals surface area contributed by atoms with Gasteiger partial charge in [-0.05, 0) is 24.6 Å². The van der Waals surface area contributed by atoms with Crippen molar-refractivity contribution in [1.82, 2.24) is 10.2 Å². The molecule has 1 saturated heterocycles. The zero-order valence-corrected chi connectivity index (χ0v) is 15.1. The molecule has 2 amide bonds. The van der Waals surface area contributed by atoms with Gasteiger partial charge in [-0.15, -0.1) is 0 Å².